The number of ether oxygens (including phenoxy) is 2. The Morgan fingerprint density at radius 2 is 1.29 bits per heavy atom. The molecule has 190 valence electrons. The number of hydrogen-bond donors (Lipinski definition) is 0. The van der Waals surface area contributed by atoms with Crippen LogP contribution >= 0.6 is 0 Å². The normalized spacial score (nSPS) is 11.8. The fourth-order valence-electron chi connectivity index (χ4n) is 5.00. The smallest absolute Gasteiger partial charge is 0.306 e. The molecule has 0 aliphatic rings. The lowest BCUT2D eigenvalue weighted by atomic mass is 10.00. The van der Waals surface area contributed by atoms with Gasteiger partial charge in [0.25, 0.3) is 0 Å². The molecule has 0 fully saturated rings. The Hall–Kier alpha value is -4.56. The van der Waals surface area contributed by atoms with Gasteiger partial charge < -0.3 is 13.7 Å². The standard InChI is InChI=1S/C30H24N2O5S/c1-35-20-17-25(36-2)27(26(18-20)37-38(3,33)34)30-31-28-23-15-9-7-13-21(23)22-14-8-10-16-24(22)29(28)32(30)19-11-5-4-6-12-19/h4-18H,1-3H3. The highest BCUT2D eigenvalue weighted by Crippen LogP contribution is 2.46. The second-order valence-corrected chi connectivity index (χ2v) is 10.5. The first kappa shape index (κ1) is 23.8. The summed E-state index contributed by atoms with van der Waals surface area (Å²) in [6.07, 6.45) is 1.00. The van der Waals surface area contributed by atoms with Crippen molar-refractivity contribution >= 4 is 42.7 Å². The molecule has 0 unspecified atom stereocenters. The Balaban J connectivity index is 1.85. The van der Waals surface area contributed by atoms with Crippen LogP contribution in [0.5, 0.6) is 17.2 Å². The van der Waals surface area contributed by atoms with Crippen molar-refractivity contribution in [1.82, 2.24) is 9.55 Å². The van der Waals surface area contributed by atoms with Gasteiger partial charge in [-0.25, -0.2) is 4.98 Å². The van der Waals surface area contributed by atoms with E-state index in [4.69, 9.17) is 18.6 Å². The monoisotopic (exact) mass is 524 g/mol. The number of hydrogen-bond acceptors (Lipinski definition) is 6. The Kier molecular flexibility index (Phi) is 5.69. The molecule has 5 aromatic carbocycles. The molecule has 1 aromatic heterocycles. The van der Waals surface area contributed by atoms with Gasteiger partial charge in [-0.2, -0.15) is 8.42 Å². The Labute approximate surface area is 219 Å². The van der Waals surface area contributed by atoms with Gasteiger partial charge in [-0.05, 0) is 22.9 Å². The maximum Gasteiger partial charge on any atom is 0.306 e. The average molecular weight is 525 g/mol. The van der Waals surface area contributed by atoms with E-state index in [1.165, 1.54) is 20.3 Å². The van der Waals surface area contributed by atoms with E-state index in [1.54, 1.807) is 6.07 Å². The summed E-state index contributed by atoms with van der Waals surface area (Å²) >= 11 is 0. The molecule has 0 bridgehead atoms. The number of methoxy groups -OCH3 is 2. The van der Waals surface area contributed by atoms with Crippen LogP contribution in [0.4, 0.5) is 0 Å². The Bertz CT molecular complexity index is 1950. The number of imidazole rings is 1. The molecule has 0 saturated heterocycles. The molecule has 7 nitrogen and oxygen atoms in total. The average Bonchev–Trinajstić information content (AvgIpc) is 3.33. The largest absolute Gasteiger partial charge is 0.496 e. The number of fused-ring (bicyclic) bond motifs is 6. The van der Waals surface area contributed by atoms with Gasteiger partial charge >= 0.3 is 10.1 Å². The third-order valence-corrected chi connectivity index (χ3v) is 6.99. The molecule has 8 heteroatoms. The fourth-order valence-corrected chi connectivity index (χ4v) is 5.45. The van der Waals surface area contributed by atoms with Crippen LogP contribution in [0.1, 0.15) is 0 Å². The first-order valence-electron chi connectivity index (χ1n) is 11.9. The third-order valence-electron chi connectivity index (χ3n) is 6.51. The number of nitrogens with zero attached hydrogens (tertiary/aromatic N) is 2. The number of para-hydroxylation sites is 1. The second-order valence-electron chi connectivity index (χ2n) is 8.89. The Morgan fingerprint density at radius 1 is 0.711 bits per heavy atom. The first-order valence-corrected chi connectivity index (χ1v) is 13.7. The van der Waals surface area contributed by atoms with Gasteiger partial charge in [0, 0.05) is 28.6 Å². The van der Waals surface area contributed by atoms with Crippen molar-refractivity contribution in [3.63, 3.8) is 0 Å². The SMILES string of the molecule is COc1cc(OC)c(-c2nc3c4ccccc4c4ccccc4c3n2-c2ccccc2)c(OS(C)(=O)=O)c1. The summed E-state index contributed by atoms with van der Waals surface area (Å²) in [5.74, 6) is 1.29. The van der Waals surface area contributed by atoms with Crippen molar-refractivity contribution in [2.75, 3.05) is 20.5 Å². The van der Waals surface area contributed by atoms with Crippen LogP contribution < -0.4 is 13.7 Å². The first-order chi connectivity index (χ1) is 18.4. The molecular weight excluding hydrogens is 500 g/mol. The van der Waals surface area contributed by atoms with E-state index >= 15 is 0 Å². The quantitative estimate of drug-likeness (QED) is 0.186. The molecule has 0 atom stereocenters. The lowest BCUT2D eigenvalue weighted by Crippen LogP contribution is -2.09. The molecule has 0 radical (unpaired) electrons. The molecule has 6 rings (SSSR count). The van der Waals surface area contributed by atoms with Crippen molar-refractivity contribution in [2.45, 2.75) is 0 Å². The van der Waals surface area contributed by atoms with Gasteiger partial charge in [-0.1, -0.05) is 66.7 Å². The summed E-state index contributed by atoms with van der Waals surface area (Å²) in [5, 5.41) is 4.17. The summed E-state index contributed by atoms with van der Waals surface area (Å²) in [6, 6.07) is 29.4. The van der Waals surface area contributed by atoms with Crippen LogP contribution in [0.15, 0.2) is 91.0 Å². The summed E-state index contributed by atoms with van der Waals surface area (Å²) < 4.78 is 43.3. The minimum atomic E-state index is -3.88. The number of aromatic nitrogens is 2. The van der Waals surface area contributed by atoms with E-state index in [0.29, 0.717) is 22.9 Å². The highest BCUT2D eigenvalue weighted by atomic mass is 32.2. The van der Waals surface area contributed by atoms with Gasteiger partial charge in [0.15, 0.2) is 11.6 Å². The van der Waals surface area contributed by atoms with Gasteiger partial charge in [-0.3, -0.25) is 4.57 Å². The molecule has 0 N–H and O–H groups in total. The van der Waals surface area contributed by atoms with E-state index in [9.17, 15) is 8.42 Å². The summed E-state index contributed by atoms with van der Waals surface area (Å²) in [4.78, 5) is 5.16. The zero-order valence-corrected chi connectivity index (χ0v) is 21.8. The zero-order valence-electron chi connectivity index (χ0n) is 21.0. The predicted octanol–water partition coefficient (Wildman–Crippen LogP) is 6.35. The van der Waals surface area contributed by atoms with E-state index in [2.05, 4.69) is 24.3 Å². The van der Waals surface area contributed by atoms with Crippen LogP contribution in [0.2, 0.25) is 0 Å². The van der Waals surface area contributed by atoms with Crippen LogP contribution in [0.25, 0.3) is 49.7 Å². The van der Waals surface area contributed by atoms with E-state index in [1.807, 2.05) is 59.2 Å². The second kappa shape index (κ2) is 9.08. The van der Waals surface area contributed by atoms with Crippen LogP contribution in [0.3, 0.4) is 0 Å². The molecule has 6 aromatic rings. The molecule has 0 spiro atoms. The van der Waals surface area contributed by atoms with Crippen molar-refractivity contribution in [3.8, 4) is 34.3 Å². The fraction of sp³-hybridized carbons (Fsp3) is 0.100. The predicted molar refractivity (Wildman–Crippen MR) is 150 cm³/mol. The highest BCUT2D eigenvalue weighted by molar-refractivity contribution is 7.86. The topological polar surface area (TPSA) is 79.7 Å². The molecule has 0 aliphatic carbocycles. The number of benzene rings is 5. The maximum absolute atomic E-state index is 12.3. The molecule has 0 amide bonds. The minimum absolute atomic E-state index is 0.0600. The summed E-state index contributed by atoms with van der Waals surface area (Å²) in [7, 11) is -0.870. The lowest BCUT2D eigenvalue weighted by molar-refractivity contribution is 0.391. The molecule has 1 heterocycles. The van der Waals surface area contributed by atoms with Crippen molar-refractivity contribution < 1.29 is 22.1 Å². The van der Waals surface area contributed by atoms with Gasteiger partial charge in [0.2, 0.25) is 0 Å². The van der Waals surface area contributed by atoms with E-state index in [-0.39, 0.29) is 5.75 Å². The van der Waals surface area contributed by atoms with E-state index < -0.39 is 10.1 Å². The lowest BCUT2D eigenvalue weighted by Gasteiger charge is -2.17. The van der Waals surface area contributed by atoms with Crippen LogP contribution in [-0.4, -0.2) is 38.4 Å². The summed E-state index contributed by atoms with van der Waals surface area (Å²) in [6.45, 7) is 0. The van der Waals surface area contributed by atoms with Crippen molar-refractivity contribution in [3.05, 3.63) is 91.0 Å². The maximum atomic E-state index is 12.3. The van der Waals surface area contributed by atoms with Gasteiger partial charge in [0.05, 0.1) is 31.5 Å². The Morgan fingerprint density at radius 3 is 1.92 bits per heavy atom. The van der Waals surface area contributed by atoms with Gasteiger partial charge in [-0.15, -0.1) is 0 Å². The van der Waals surface area contributed by atoms with Crippen molar-refractivity contribution in [2.24, 2.45) is 0 Å². The highest BCUT2D eigenvalue weighted by Gasteiger charge is 2.27. The zero-order chi connectivity index (χ0) is 26.4. The molecule has 0 aliphatic heterocycles. The third kappa shape index (κ3) is 3.90. The number of rotatable bonds is 6. The molecule has 0 saturated carbocycles. The summed E-state index contributed by atoms with van der Waals surface area (Å²) in [5.41, 5.74) is 2.92. The molecular formula is C30H24N2O5S. The van der Waals surface area contributed by atoms with Crippen LogP contribution in [0, 0.1) is 0 Å². The van der Waals surface area contributed by atoms with Crippen molar-refractivity contribution in [1.29, 1.82) is 0 Å². The van der Waals surface area contributed by atoms with Gasteiger partial charge in [0.1, 0.15) is 17.1 Å². The van der Waals surface area contributed by atoms with E-state index in [0.717, 1.165) is 44.5 Å². The molecule has 38 heavy (non-hydrogen) atoms. The minimum Gasteiger partial charge on any atom is -0.496 e. The van der Waals surface area contributed by atoms with Crippen LogP contribution in [-0.2, 0) is 10.1 Å².